The number of nitrogens with zero attached hydrogens (tertiary/aromatic N) is 3. The highest BCUT2D eigenvalue weighted by Gasteiger charge is 2.12. The average Bonchev–Trinajstić information content (AvgIpc) is 2.98. The van der Waals surface area contributed by atoms with Crippen LogP contribution in [0.1, 0.15) is 28.9 Å². The number of likely N-dealkylation sites (tertiary alicyclic amines) is 1. The fourth-order valence-corrected chi connectivity index (χ4v) is 2.41. The predicted molar refractivity (Wildman–Crippen MR) is 77.9 cm³/mol. The number of hydrazine groups is 1. The minimum absolute atomic E-state index is 0.313. The molecule has 0 bridgehead atoms. The lowest BCUT2D eigenvalue weighted by atomic mass is 10.2. The number of nitrogens with two attached hydrogens (primary N) is 1. The molecule has 1 aromatic rings. The number of hydrogen-bond acceptors (Lipinski definition) is 5. The number of amides is 1. The van der Waals surface area contributed by atoms with Crippen molar-refractivity contribution in [3.05, 3.63) is 29.6 Å². The third-order valence-corrected chi connectivity index (χ3v) is 3.65. The first-order chi connectivity index (χ1) is 9.69. The highest BCUT2D eigenvalue weighted by Crippen LogP contribution is 2.07. The molecule has 0 unspecified atom stereocenters. The third kappa shape index (κ3) is 4.26. The molecule has 1 fully saturated rings. The van der Waals surface area contributed by atoms with Crippen molar-refractivity contribution in [2.45, 2.75) is 19.4 Å². The van der Waals surface area contributed by atoms with Crippen LogP contribution in [0.2, 0.25) is 0 Å². The Balaban J connectivity index is 1.78. The molecule has 2 rings (SSSR count). The maximum Gasteiger partial charge on any atom is 0.266 e. The maximum atomic E-state index is 11.3. The molecule has 0 atom stereocenters. The molecule has 6 heteroatoms. The summed E-state index contributed by atoms with van der Waals surface area (Å²) in [6.07, 6.45) is 4.22. The first-order valence-corrected chi connectivity index (χ1v) is 7.06. The largest absolute Gasteiger partial charge is 0.302 e. The quantitative estimate of drug-likeness (QED) is 0.442. The lowest BCUT2D eigenvalue weighted by molar-refractivity contribution is 0.0953. The second kappa shape index (κ2) is 7.33. The highest BCUT2D eigenvalue weighted by atomic mass is 16.2. The predicted octanol–water partition coefficient (Wildman–Crippen LogP) is 0.213. The Hall–Kier alpha value is -1.50. The van der Waals surface area contributed by atoms with Crippen LogP contribution in [0.3, 0.4) is 0 Å². The van der Waals surface area contributed by atoms with Gasteiger partial charge in [-0.1, -0.05) is 0 Å². The number of aromatic nitrogens is 1. The number of nitrogens with one attached hydrogen (secondary N) is 1. The van der Waals surface area contributed by atoms with Crippen LogP contribution < -0.4 is 11.3 Å². The second-order valence-electron chi connectivity index (χ2n) is 5.30. The Morgan fingerprint density at radius 2 is 2.20 bits per heavy atom. The van der Waals surface area contributed by atoms with E-state index in [1.54, 1.807) is 12.3 Å². The SMILES string of the molecule is CN(CCN1CCCC1)Cc1ccc(C(=O)NN)cn1. The number of carbonyl (C=O) groups excluding carboxylic acids is 1. The summed E-state index contributed by atoms with van der Waals surface area (Å²) < 4.78 is 0. The molecule has 110 valence electrons. The lowest BCUT2D eigenvalue weighted by Crippen LogP contribution is -2.31. The van der Waals surface area contributed by atoms with E-state index in [-0.39, 0.29) is 5.91 Å². The van der Waals surface area contributed by atoms with Crippen LogP contribution >= 0.6 is 0 Å². The smallest absolute Gasteiger partial charge is 0.266 e. The normalized spacial score (nSPS) is 15.8. The van der Waals surface area contributed by atoms with E-state index in [2.05, 4.69) is 27.3 Å². The van der Waals surface area contributed by atoms with E-state index in [1.165, 1.54) is 25.9 Å². The van der Waals surface area contributed by atoms with Crippen molar-refractivity contribution >= 4 is 5.91 Å². The van der Waals surface area contributed by atoms with Gasteiger partial charge in [0.2, 0.25) is 0 Å². The summed E-state index contributed by atoms with van der Waals surface area (Å²) >= 11 is 0. The van der Waals surface area contributed by atoms with Gasteiger partial charge in [0.05, 0.1) is 11.3 Å². The number of likely N-dealkylation sites (N-methyl/N-ethyl adjacent to an activating group) is 1. The van der Waals surface area contributed by atoms with Crippen LogP contribution in [0.15, 0.2) is 18.3 Å². The molecule has 1 aromatic heterocycles. The fourth-order valence-electron chi connectivity index (χ4n) is 2.41. The summed E-state index contributed by atoms with van der Waals surface area (Å²) in [6.45, 7) is 5.40. The van der Waals surface area contributed by atoms with Gasteiger partial charge < -0.3 is 4.90 Å². The Morgan fingerprint density at radius 3 is 2.80 bits per heavy atom. The minimum Gasteiger partial charge on any atom is -0.302 e. The molecule has 1 saturated heterocycles. The zero-order chi connectivity index (χ0) is 14.4. The summed E-state index contributed by atoms with van der Waals surface area (Å²) in [5, 5.41) is 0. The Kier molecular flexibility index (Phi) is 5.46. The molecule has 2 heterocycles. The molecule has 0 aromatic carbocycles. The van der Waals surface area contributed by atoms with Gasteiger partial charge in [-0.2, -0.15) is 0 Å². The highest BCUT2D eigenvalue weighted by molar-refractivity contribution is 5.93. The van der Waals surface area contributed by atoms with Crippen molar-refractivity contribution in [1.29, 1.82) is 0 Å². The van der Waals surface area contributed by atoms with E-state index in [0.29, 0.717) is 5.56 Å². The van der Waals surface area contributed by atoms with Gasteiger partial charge >= 0.3 is 0 Å². The van der Waals surface area contributed by atoms with Crippen molar-refractivity contribution in [3.8, 4) is 0 Å². The van der Waals surface area contributed by atoms with E-state index in [9.17, 15) is 4.79 Å². The maximum absolute atomic E-state index is 11.3. The molecule has 1 amide bonds. The van der Waals surface area contributed by atoms with Crippen molar-refractivity contribution in [1.82, 2.24) is 20.2 Å². The van der Waals surface area contributed by atoms with E-state index >= 15 is 0 Å². The van der Waals surface area contributed by atoms with Crippen LogP contribution in [-0.4, -0.2) is 53.9 Å². The molecule has 1 aliphatic heterocycles. The van der Waals surface area contributed by atoms with Crippen LogP contribution in [0.5, 0.6) is 0 Å². The van der Waals surface area contributed by atoms with Gasteiger partial charge in [0.25, 0.3) is 5.91 Å². The minimum atomic E-state index is -0.313. The summed E-state index contributed by atoms with van der Waals surface area (Å²) in [7, 11) is 2.10. The van der Waals surface area contributed by atoms with E-state index in [1.807, 2.05) is 6.07 Å². The van der Waals surface area contributed by atoms with Crippen LogP contribution in [0.4, 0.5) is 0 Å². The lowest BCUT2D eigenvalue weighted by Gasteiger charge is -2.21. The summed E-state index contributed by atoms with van der Waals surface area (Å²) in [5.41, 5.74) is 3.54. The standard InChI is InChI=1S/C14H23N5O/c1-18(8-9-19-6-2-3-7-19)11-13-5-4-12(10-16-13)14(20)17-15/h4-5,10H,2-3,6-9,11,15H2,1H3,(H,17,20). The zero-order valence-electron chi connectivity index (χ0n) is 12.0. The summed E-state index contributed by atoms with van der Waals surface area (Å²) in [4.78, 5) is 20.4. The van der Waals surface area contributed by atoms with Crippen molar-refractivity contribution < 1.29 is 4.79 Å². The van der Waals surface area contributed by atoms with Crippen LogP contribution in [0, 0.1) is 0 Å². The molecule has 0 aliphatic carbocycles. The summed E-state index contributed by atoms with van der Waals surface area (Å²) in [6, 6.07) is 3.62. The van der Waals surface area contributed by atoms with Gasteiger partial charge in [-0.25, -0.2) is 5.84 Å². The van der Waals surface area contributed by atoms with E-state index in [4.69, 9.17) is 5.84 Å². The first kappa shape index (κ1) is 14.9. The van der Waals surface area contributed by atoms with E-state index in [0.717, 1.165) is 25.3 Å². The van der Waals surface area contributed by atoms with Crippen LogP contribution in [0.25, 0.3) is 0 Å². The van der Waals surface area contributed by atoms with Gasteiger partial charge in [-0.3, -0.25) is 20.1 Å². The third-order valence-electron chi connectivity index (χ3n) is 3.65. The molecule has 0 spiro atoms. The topological polar surface area (TPSA) is 74.5 Å². The number of carbonyl (C=O) groups is 1. The van der Waals surface area contributed by atoms with Gasteiger partial charge in [-0.15, -0.1) is 0 Å². The zero-order valence-corrected chi connectivity index (χ0v) is 12.0. The van der Waals surface area contributed by atoms with Crippen molar-refractivity contribution in [2.24, 2.45) is 5.84 Å². The molecule has 3 N–H and O–H groups in total. The second-order valence-corrected chi connectivity index (χ2v) is 5.30. The molecule has 0 radical (unpaired) electrons. The van der Waals surface area contributed by atoms with Crippen LogP contribution in [-0.2, 0) is 6.54 Å². The molecule has 0 saturated carbocycles. The Labute approximate surface area is 119 Å². The Morgan fingerprint density at radius 1 is 1.45 bits per heavy atom. The van der Waals surface area contributed by atoms with Gasteiger partial charge in [0, 0.05) is 25.8 Å². The molecular formula is C14H23N5O. The van der Waals surface area contributed by atoms with Gasteiger partial charge in [0.15, 0.2) is 0 Å². The molecule has 20 heavy (non-hydrogen) atoms. The summed E-state index contributed by atoms with van der Waals surface area (Å²) in [5.74, 6) is 4.77. The number of rotatable bonds is 6. The average molecular weight is 277 g/mol. The van der Waals surface area contributed by atoms with Crippen molar-refractivity contribution in [2.75, 3.05) is 33.2 Å². The molecule has 1 aliphatic rings. The van der Waals surface area contributed by atoms with Gasteiger partial charge in [-0.05, 0) is 45.1 Å². The number of nitrogen functional groups attached to an aromatic ring is 1. The first-order valence-electron chi connectivity index (χ1n) is 7.06. The fraction of sp³-hybridized carbons (Fsp3) is 0.571. The van der Waals surface area contributed by atoms with Crippen molar-refractivity contribution in [3.63, 3.8) is 0 Å². The Bertz CT molecular complexity index is 428. The van der Waals surface area contributed by atoms with Gasteiger partial charge in [0.1, 0.15) is 0 Å². The monoisotopic (exact) mass is 277 g/mol. The number of hydrogen-bond donors (Lipinski definition) is 2. The molecule has 6 nitrogen and oxygen atoms in total. The number of pyridine rings is 1. The van der Waals surface area contributed by atoms with E-state index < -0.39 is 0 Å². The molecular weight excluding hydrogens is 254 g/mol.